The summed E-state index contributed by atoms with van der Waals surface area (Å²) in [6, 6.07) is 7.65. The highest BCUT2D eigenvalue weighted by atomic mass is 79.9. The summed E-state index contributed by atoms with van der Waals surface area (Å²) in [5.74, 6) is 1.03. The number of carbonyl (C=O) groups is 1. The van der Waals surface area contributed by atoms with E-state index in [1.54, 1.807) is 0 Å². The van der Waals surface area contributed by atoms with Crippen molar-refractivity contribution in [3.05, 3.63) is 34.3 Å². The van der Waals surface area contributed by atoms with Crippen molar-refractivity contribution in [3.63, 3.8) is 0 Å². The first-order chi connectivity index (χ1) is 8.69. The predicted molar refractivity (Wildman–Crippen MR) is 77.9 cm³/mol. The van der Waals surface area contributed by atoms with Gasteiger partial charge in [-0.05, 0) is 37.4 Å². The minimum atomic E-state index is 0.236. The summed E-state index contributed by atoms with van der Waals surface area (Å²) in [5.41, 5.74) is 0.817. The van der Waals surface area contributed by atoms with Gasteiger partial charge in [-0.1, -0.05) is 41.4 Å². The number of hydrogen-bond acceptors (Lipinski definition) is 2. The number of Topliss-reactive ketones (excluding diaryl/α,β-unsaturated/α-hetero) is 1. The summed E-state index contributed by atoms with van der Waals surface area (Å²) in [6.45, 7) is 4.97. The molecule has 0 aliphatic carbocycles. The van der Waals surface area contributed by atoms with Gasteiger partial charge in [-0.15, -0.1) is 0 Å². The third-order valence-electron chi connectivity index (χ3n) is 3.60. The number of halogens is 1. The zero-order valence-electron chi connectivity index (χ0n) is 10.9. The average molecular weight is 310 g/mol. The summed E-state index contributed by atoms with van der Waals surface area (Å²) >= 11 is 3.39. The highest BCUT2D eigenvalue weighted by Crippen LogP contribution is 2.21. The maximum absolute atomic E-state index is 12.1. The molecule has 1 atom stereocenters. The van der Waals surface area contributed by atoms with E-state index in [4.69, 9.17) is 0 Å². The molecule has 1 aliphatic rings. The van der Waals surface area contributed by atoms with Gasteiger partial charge < -0.3 is 0 Å². The molecule has 1 fully saturated rings. The fourth-order valence-corrected chi connectivity index (χ4v) is 2.89. The van der Waals surface area contributed by atoms with Gasteiger partial charge >= 0.3 is 0 Å². The van der Waals surface area contributed by atoms with Crippen molar-refractivity contribution in [1.29, 1.82) is 0 Å². The first kappa shape index (κ1) is 13.8. The van der Waals surface area contributed by atoms with Gasteiger partial charge in [0.2, 0.25) is 0 Å². The van der Waals surface area contributed by atoms with Gasteiger partial charge in [-0.25, -0.2) is 0 Å². The van der Waals surface area contributed by atoms with E-state index in [-0.39, 0.29) is 5.78 Å². The Bertz CT molecular complexity index is 401. The molecule has 0 radical (unpaired) electrons. The molecule has 0 bridgehead atoms. The monoisotopic (exact) mass is 309 g/mol. The molecule has 1 aromatic carbocycles. The van der Waals surface area contributed by atoms with Crippen LogP contribution in [0.4, 0.5) is 0 Å². The molecule has 2 rings (SSSR count). The maximum atomic E-state index is 12.1. The summed E-state index contributed by atoms with van der Waals surface area (Å²) in [6.07, 6.45) is 3.80. The van der Waals surface area contributed by atoms with Crippen LogP contribution in [0.25, 0.3) is 0 Å². The van der Waals surface area contributed by atoms with E-state index in [2.05, 4.69) is 27.8 Å². The van der Waals surface area contributed by atoms with Crippen LogP contribution >= 0.6 is 15.9 Å². The lowest BCUT2D eigenvalue weighted by Gasteiger charge is -2.14. The molecule has 0 amide bonds. The van der Waals surface area contributed by atoms with Crippen molar-refractivity contribution in [1.82, 2.24) is 4.90 Å². The van der Waals surface area contributed by atoms with Gasteiger partial charge in [0.05, 0.1) is 6.54 Å². The summed E-state index contributed by atoms with van der Waals surface area (Å²) in [5, 5.41) is 0. The van der Waals surface area contributed by atoms with E-state index in [0.717, 1.165) is 29.0 Å². The van der Waals surface area contributed by atoms with Gasteiger partial charge in [0.25, 0.3) is 0 Å². The molecule has 1 unspecified atom stereocenters. The fraction of sp³-hybridized carbons (Fsp3) is 0.533. The standard InChI is InChI=1S/C15H20BrNO/c1-2-3-12-8-9-17(10-12)11-15(18)13-4-6-14(16)7-5-13/h4-7,12H,2-3,8-11H2,1H3. The Kier molecular flexibility index (Phi) is 4.95. The maximum Gasteiger partial charge on any atom is 0.176 e. The quantitative estimate of drug-likeness (QED) is 0.772. The smallest absolute Gasteiger partial charge is 0.176 e. The number of benzene rings is 1. The minimum Gasteiger partial charge on any atom is -0.296 e. The van der Waals surface area contributed by atoms with Gasteiger partial charge in [0.15, 0.2) is 5.78 Å². The van der Waals surface area contributed by atoms with E-state index >= 15 is 0 Å². The lowest BCUT2D eigenvalue weighted by Crippen LogP contribution is -2.27. The van der Waals surface area contributed by atoms with Crippen LogP contribution in [0.2, 0.25) is 0 Å². The lowest BCUT2D eigenvalue weighted by molar-refractivity contribution is 0.0943. The van der Waals surface area contributed by atoms with E-state index in [1.165, 1.54) is 19.3 Å². The number of likely N-dealkylation sites (tertiary alicyclic amines) is 1. The summed E-state index contributed by atoms with van der Waals surface area (Å²) < 4.78 is 1.02. The second-order valence-corrected chi connectivity index (χ2v) is 6.02. The first-order valence-electron chi connectivity index (χ1n) is 6.70. The Morgan fingerprint density at radius 1 is 1.39 bits per heavy atom. The molecule has 3 heteroatoms. The molecule has 1 saturated heterocycles. The lowest BCUT2D eigenvalue weighted by atomic mass is 10.0. The van der Waals surface area contributed by atoms with Gasteiger partial charge in [0.1, 0.15) is 0 Å². The highest BCUT2D eigenvalue weighted by molar-refractivity contribution is 9.10. The molecule has 0 aromatic heterocycles. The summed E-state index contributed by atoms with van der Waals surface area (Å²) in [4.78, 5) is 14.4. The molecule has 1 aromatic rings. The van der Waals surface area contributed by atoms with Crippen LogP contribution in [0.1, 0.15) is 36.5 Å². The number of ketones is 1. The molecule has 1 aliphatic heterocycles. The number of rotatable bonds is 5. The van der Waals surface area contributed by atoms with Crippen LogP contribution in [-0.2, 0) is 0 Å². The fourth-order valence-electron chi connectivity index (χ4n) is 2.63. The molecule has 98 valence electrons. The first-order valence-corrected chi connectivity index (χ1v) is 7.49. The largest absolute Gasteiger partial charge is 0.296 e. The second-order valence-electron chi connectivity index (χ2n) is 5.11. The van der Waals surface area contributed by atoms with Crippen LogP contribution < -0.4 is 0 Å². The van der Waals surface area contributed by atoms with E-state index in [1.807, 2.05) is 24.3 Å². The van der Waals surface area contributed by atoms with Crippen LogP contribution in [0.5, 0.6) is 0 Å². The van der Waals surface area contributed by atoms with Crippen molar-refractivity contribution in [2.45, 2.75) is 26.2 Å². The van der Waals surface area contributed by atoms with Crippen LogP contribution in [0.15, 0.2) is 28.7 Å². The van der Waals surface area contributed by atoms with Crippen molar-refractivity contribution >= 4 is 21.7 Å². The zero-order chi connectivity index (χ0) is 13.0. The Morgan fingerprint density at radius 2 is 2.11 bits per heavy atom. The van der Waals surface area contributed by atoms with Gasteiger partial charge in [-0.2, -0.15) is 0 Å². The average Bonchev–Trinajstić information content (AvgIpc) is 2.78. The van der Waals surface area contributed by atoms with Crippen LogP contribution in [0, 0.1) is 5.92 Å². The highest BCUT2D eigenvalue weighted by Gasteiger charge is 2.23. The Labute approximate surface area is 117 Å². The number of nitrogens with zero attached hydrogens (tertiary/aromatic N) is 1. The van der Waals surface area contributed by atoms with Crippen molar-refractivity contribution in [3.8, 4) is 0 Å². The van der Waals surface area contributed by atoms with Gasteiger partial charge in [-0.3, -0.25) is 9.69 Å². The zero-order valence-corrected chi connectivity index (χ0v) is 12.4. The molecule has 2 nitrogen and oxygen atoms in total. The Balaban J connectivity index is 1.87. The van der Waals surface area contributed by atoms with Crippen molar-refractivity contribution in [2.75, 3.05) is 19.6 Å². The third kappa shape index (κ3) is 3.66. The molecule has 0 N–H and O–H groups in total. The van der Waals surface area contributed by atoms with E-state index in [0.29, 0.717) is 6.54 Å². The molecule has 0 spiro atoms. The molecule has 0 saturated carbocycles. The topological polar surface area (TPSA) is 20.3 Å². The Morgan fingerprint density at radius 3 is 2.78 bits per heavy atom. The number of carbonyl (C=O) groups excluding carboxylic acids is 1. The predicted octanol–water partition coefficient (Wildman–Crippen LogP) is 3.75. The van der Waals surface area contributed by atoms with Crippen molar-refractivity contribution < 1.29 is 4.79 Å². The van der Waals surface area contributed by atoms with E-state index in [9.17, 15) is 4.79 Å². The van der Waals surface area contributed by atoms with E-state index < -0.39 is 0 Å². The van der Waals surface area contributed by atoms with Crippen LogP contribution in [0.3, 0.4) is 0 Å². The second kappa shape index (κ2) is 6.48. The molecule has 1 heterocycles. The molecular weight excluding hydrogens is 290 g/mol. The Hall–Kier alpha value is -0.670. The summed E-state index contributed by atoms with van der Waals surface area (Å²) in [7, 11) is 0. The van der Waals surface area contributed by atoms with Gasteiger partial charge in [0, 0.05) is 16.6 Å². The third-order valence-corrected chi connectivity index (χ3v) is 4.13. The number of hydrogen-bond donors (Lipinski definition) is 0. The minimum absolute atomic E-state index is 0.236. The molecule has 18 heavy (non-hydrogen) atoms. The van der Waals surface area contributed by atoms with Crippen LogP contribution in [-0.4, -0.2) is 30.3 Å². The van der Waals surface area contributed by atoms with Crippen molar-refractivity contribution in [2.24, 2.45) is 5.92 Å². The normalized spacial score (nSPS) is 20.2. The molecular formula is C15H20BrNO. The SMILES string of the molecule is CCCC1CCN(CC(=O)c2ccc(Br)cc2)C1.